The summed E-state index contributed by atoms with van der Waals surface area (Å²) >= 11 is 3.40. The lowest BCUT2D eigenvalue weighted by atomic mass is 10.2. The molecule has 1 atom stereocenters. The van der Waals surface area contributed by atoms with E-state index in [1.807, 2.05) is 29.6 Å². The van der Waals surface area contributed by atoms with E-state index in [9.17, 15) is 5.11 Å². The van der Waals surface area contributed by atoms with Crippen LogP contribution in [0, 0.1) is 0 Å². The first-order valence-corrected chi connectivity index (χ1v) is 7.21. The average molecular weight is 254 g/mol. The fourth-order valence-electron chi connectivity index (χ4n) is 1.39. The zero-order chi connectivity index (χ0) is 11.2. The second kappa shape index (κ2) is 6.13. The van der Waals surface area contributed by atoms with Crippen LogP contribution in [0.4, 0.5) is 0 Å². The van der Waals surface area contributed by atoms with Crippen LogP contribution >= 0.6 is 23.1 Å². The highest BCUT2D eigenvalue weighted by atomic mass is 32.2. The third-order valence-electron chi connectivity index (χ3n) is 2.23. The smallest absolute Gasteiger partial charge is 0.113 e. The molecule has 2 rings (SSSR count). The summed E-state index contributed by atoms with van der Waals surface area (Å²) in [5.74, 6) is 2.82. The van der Waals surface area contributed by atoms with Crippen LogP contribution in [0.5, 0.6) is 0 Å². The molecule has 0 unspecified atom stereocenters. The van der Waals surface area contributed by atoms with Crippen molar-refractivity contribution in [1.82, 2.24) is 0 Å². The van der Waals surface area contributed by atoms with Crippen molar-refractivity contribution in [3.05, 3.63) is 46.5 Å². The maximum atomic E-state index is 9.84. The predicted octanol–water partition coefficient (Wildman–Crippen LogP) is 3.70. The molecule has 1 N–H and O–H groups in total. The van der Waals surface area contributed by atoms with E-state index in [0.29, 0.717) is 0 Å². The molecule has 0 aliphatic carbocycles. The van der Waals surface area contributed by atoms with Gasteiger partial charge in [-0.2, -0.15) is 11.8 Å². The van der Waals surface area contributed by atoms with Gasteiger partial charge >= 0.3 is 0 Å². The number of rotatable bonds is 6. The summed E-state index contributed by atoms with van der Waals surface area (Å²) in [5, 5.41) is 11.8. The zero-order valence-electron chi connectivity index (χ0n) is 8.83. The van der Waals surface area contributed by atoms with Gasteiger partial charge in [-0.3, -0.25) is 0 Å². The number of thiophene rings is 1. The van der Waals surface area contributed by atoms with Gasteiger partial charge in [0.1, 0.15) is 5.76 Å². The minimum Gasteiger partial charge on any atom is -0.468 e. The van der Waals surface area contributed by atoms with Crippen LogP contribution in [0.2, 0.25) is 0 Å². The van der Waals surface area contributed by atoms with E-state index in [4.69, 9.17) is 4.42 Å². The van der Waals surface area contributed by atoms with Gasteiger partial charge in [0.15, 0.2) is 0 Å². The molecule has 0 saturated carbocycles. The SMILES string of the molecule is O[C@H](CCSCc1ccco1)c1cccs1. The highest BCUT2D eigenvalue weighted by Crippen LogP contribution is 2.24. The molecule has 0 radical (unpaired) electrons. The average Bonchev–Trinajstić information content (AvgIpc) is 2.96. The summed E-state index contributed by atoms with van der Waals surface area (Å²) in [6, 6.07) is 7.82. The summed E-state index contributed by atoms with van der Waals surface area (Å²) in [6.07, 6.45) is 2.17. The number of hydrogen-bond acceptors (Lipinski definition) is 4. The molecular weight excluding hydrogens is 240 g/mol. The molecule has 0 saturated heterocycles. The quantitative estimate of drug-likeness (QED) is 0.798. The van der Waals surface area contributed by atoms with Crippen molar-refractivity contribution in [3.63, 3.8) is 0 Å². The van der Waals surface area contributed by atoms with Crippen LogP contribution < -0.4 is 0 Å². The van der Waals surface area contributed by atoms with Gasteiger partial charge in [-0.05, 0) is 35.8 Å². The van der Waals surface area contributed by atoms with Gasteiger partial charge in [0.25, 0.3) is 0 Å². The van der Waals surface area contributed by atoms with E-state index in [0.717, 1.165) is 28.6 Å². The molecular formula is C12H14O2S2. The molecule has 0 amide bonds. The Morgan fingerprint density at radius 2 is 2.31 bits per heavy atom. The predicted molar refractivity (Wildman–Crippen MR) is 68.8 cm³/mol. The number of aliphatic hydroxyl groups is 1. The van der Waals surface area contributed by atoms with Crippen LogP contribution in [0.15, 0.2) is 40.3 Å². The van der Waals surface area contributed by atoms with E-state index >= 15 is 0 Å². The summed E-state index contributed by atoms with van der Waals surface area (Å²) < 4.78 is 5.23. The molecule has 0 bridgehead atoms. The minimum atomic E-state index is -0.316. The van der Waals surface area contributed by atoms with E-state index in [2.05, 4.69) is 0 Å². The third-order valence-corrected chi connectivity index (χ3v) is 4.22. The number of hydrogen-bond donors (Lipinski definition) is 1. The van der Waals surface area contributed by atoms with Gasteiger partial charge in [0.2, 0.25) is 0 Å². The van der Waals surface area contributed by atoms with Crippen LogP contribution in [0.1, 0.15) is 23.2 Å². The highest BCUT2D eigenvalue weighted by Gasteiger charge is 2.07. The Kier molecular flexibility index (Phi) is 4.51. The maximum Gasteiger partial charge on any atom is 0.113 e. The number of aliphatic hydroxyl groups excluding tert-OH is 1. The van der Waals surface area contributed by atoms with Crippen LogP contribution in [-0.4, -0.2) is 10.9 Å². The lowest BCUT2D eigenvalue weighted by molar-refractivity contribution is 0.179. The van der Waals surface area contributed by atoms with Crippen molar-refractivity contribution >= 4 is 23.1 Å². The van der Waals surface area contributed by atoms with Crippen LogP contribution in [0.3, 0.4) is 0 Å². The lowest BCUT2D eigenvalue weighted by Crippen LogP contribution is -1.96. The summed E-state index contributed by atoms with van der Waals surface area (Å²) in [6.45, 7) is 0. The van der Waals surface area contributed by atoms with Gasteiger partial charge in [-0.1, -0.05) is 6.07 Å². The molecule has 86 valence electrons. The van der Waals surface area contributed by atoms with Crippen LogP contribution in [0.25, 0.3) is 0 Å². The van der Waals surface area contributed by atoms with E-state index in [1.165, 1.54) is 0 Å². The molecule has 2 aromatic heterocycles. The van der Waals surface area contributed by atoms with Crippen molar-refractivity contribution in [1.29, 1.82) is 0 Å². The van der Waals surface area contributed by atoms with Crippen molar-refractivity contribution in [2.45, 2.75) is 18.3 Å². The van der Waals surface area contributed by atoms with Crippen molar-refractivity contribution in [2.24, 2.45) is 0 Å². The fourth-order valence-corrected chi connectivity index (χ4v) is 3.03. The molecule has 0 spiro atoms. The Hall–Kier alpha value is -0.710. The molecule has 0 aromatic carbocycles. The Labute approximate surface area is 103 Å². The lowest BCUT2D eigenvalue weighted by Gasteiger charge is -2.07. The molecule has 2 aromatic rings. The standard InChI is InChI=1S/C12H14O2S2/c13-11(12-4-2-7-16-12)5-8-15-9-10-3-1-6-14-10/h1-4,6-7,11,13H,5,8-9H2/t11-/m1/s1. The Morgan fingerprint density at radius 3 is 3.00 bits per heavy atom. The summed E-state index contributed by atoms with van der Waals surface area (Å²) in [5.41, 5.74) is 0. The van der Waals surface area contributed by atoms with Gasteiger partial charge in [0, 0.05) is 4.88 Å². The Balaban J connectivity index is 1.65. The molecule has 0 aliphatic rings. The molecule has 4 heteroatoms. The highest BCUT2D eigenvalue weighted by molar-refractivity contribution is 7.98. The first-order chi connectivity index (χ1) is 7.86. The monoisotopic (exact) mass is 254 g/mol. The number of thioether (sulfide) groups is 1. The molecule has 0 fully saturated rings. The van der Waals surface area contributed by atoms with Crippen molar-refractivity contribution in [2.75, 3.05) is 5.75 Å². The van der Waals surface area contributed by atoms with Gasteiger partial charge in [0.05, 0.1) is 18.1 Å². The zero-order valence-corrected chi connectivity index (χ0v) is 10.5. The molecule has 2 heterocycles. The molecule has 2 nitrogen and oxygen atoms in total. The first-order valence-electron chi connectivity index (χ1n) is 5.18. The second-order valence-electron chi connectivity index (χ2n) is 3.45. The fraction of sp³-hybridized carbons (Fsp3) is 0.333. The van der Waals surface area contributed by atoms with Gasteiger partial charge in [-0.15, -0.1) is 11.3 Å². The van der Waals surface area contributed by atoms with Crippen molar-refractivity contribution < 1.29 is 9.52 Å². The normalized spacial score (nSPS) is 12.8. The van der Waals surface area contributed by atoms with E-state index in [1.54, 1.807) is 29.4 Å². The van der Waals surface area contributed by atoms with Gasteiger partial charge < -0.3 is 9.52 Å². The van der Waals surface area contributed by atoms with Gasteiger partial charge in [-0.25, -0.2) is 0 Å². The van der Waals surface area contributed by atoms with Crippen molar-refractivity contribution in [3.8, 4) is 0 Å². The Bertz CT molecular complexity index is 381. The topological polar surface area (TPSA) is 33.4 Å². The number of furan rings is 1. The summed E-state index contributed by atoms with van der Waals surface area (Å²) in [4.78, 5) is 1.05. The second-order valence-corrected chi connectivity index (χ2v) is 5.54. The van der Waals surface area contributed by atoms with E-state index < -0.39 is 0 Å². The first kappa shape index (κ1) is 11.8. The minimum absolute atomic E-state index is 0.316. The summed E-state index contributed by atoms with van der Waals surface area (Å²) in [7, 11) is 0. The Morgan fingerprint density at radius 1 is 1.38 bits per heavy atom. The molecule has 0 aliphatic heterocycles. The molecule has 16 heavy (non-hydrogen) atoms. The third kappa shape index (κ3) is 3.40. The maximum absolute atomic E-state index is 9.84. The largest absolute Gasteiger partial charge is 0.468 e. The van der Waals surface area contributed by atoms with Crippen LogP contribution in [-0.2, 0) is 5.75 Å². The van der Waals surface area contributed by atoms with E-state index in [-0.39, 0.29) is 6.10 Å².